The maximum atomic E-state index is 10.6. The molecule has 1 aromatic rings. The summed E-state index contributed by atoms with van der Waals surface area (Å²) >= 11 is 0. The van der Waals surface area contributed by atoms with Crippen molar-refractivity contribution in [3.8, 4) is 0 Å². The third-order valence-electron chi connectivity index (χ3n) is 1.14. The molecule has 0 aliphatic carbocycles. The summed E-state index contributed by atoms with van der Waals surface area (Å²) in [7, 11) is -4.05. The lowest BCUT2D eigenvalue weighted by Crippen LogP contribution is -2.24. The summed E-state index contributed by atoms with van der Waals surface area (Å²) in [6, 6.07) is 0. The number of anilines is 1. The third kappa shape index (κ3) is 2.64. The molecule has 0 spiro atoms. The highest BCUT2D eigenvalue weighted by Gasteiger charge is 2.15. The summed E-state index contributed by atoms with van der Waals surface area (Å²) in [5, 5.41) is 13.2. The largest absolute Gasteiger partial charge is 0.476 e. The van der Waals surface area contributed by atoms with Gasteiger partial charge in [0.05, 0.1) is 0 Å². The van der Waals surface area contributed by atoms with Crippen molar-refractivity contribution >= 4 is 22.0 Å². The minimum atomic E-state index is -4.05. The molecule has 0 aliphatic heterocycles. The van der Waals surface area contributed by atoms with E-state index in [-0.39, 0.29) is 0 Å². The molecule has 0 aliphatic rings. The molecule has 0 unspecified atom stereocenters. The van der Waals surface area contributed by atoms with Crippen LogP contribution in [0.15, 0.2) is 12.4 Å². The Morgan fingerprint density at radius 3 is 2.50 bits per heavy atom. The molecule has 4 N–H and O–H groups in total. The van der Waals surface area contributed by atoms with Gasteiger partial charge in [-0.1, -0.05) is 0 Å². The van der Waals surface area contributed by atoms with Gasteiger partial charge in [0.25, 0.3) is 10.2 Å². The number of hydrogen-bond donors (Lipinski definition) is 3. The Bertz CT molecular complexity index is 457. The van der Waals surface area contributed by atoms with Crippen molar-refractivity contribution in [3.63, 3.8) is 0 Å². The number of carboxylic acids is 1. The molecule has 0 radical (unpaired) electrons. The predicted molar refractivity (Wildman–Crippen MR) is 45.7 cm³/mol. The van der Waals surface area contributed by atoms with Crippen LogP contribution in [0.1, 0.15) is 10.5 Å². The molecule has 0 atom stereocenters. The van der Waals surface area contributed by atoms with Crippen LogP contribution in [-0.4, -0.2) is 29.5 Å². The number of aromatic carboxylic acids is 1. The smallest absolute Gasteiger partial charge is 0.358 e. The van der Waals surface area contributed by atoms with E-state index in [2.05, 4.69) is 15.1 Å². The number of nitrogens with one attached hydrogen (secondary N) is 1. The molecule has 0 saturated carbocycles. The second-order valence-corrected chi connectivity index (χ2v) is 3.50. The van der Waals surface area contributed by atoms with Crippen molar-refractivity contribution in [2.75, 3.05) is 4.72 Å². The fourth-order valence-electron chi connectivity index (χ4n) is 0.704. The zero-order valence-electron chi connectivity index (χ0n) is 6.71. The van der Waals surface area contributed by atoms with Crippen molar-refractivity contribution in [1.29, 1.82) is 0 Å². The summed E-state index contributed by atoms with van der Waals surface area (Å²) < 4.78 is 22.9. The molecule has 8 nitrogen and oxygen atoms in total. The molecule has 0 fully saturated rings. The van der Waals surface area contributed by atoms with Crippen LogP contribution in [0, 0.1) is 0 Å². The second-order valence-electron chi connectivity index (χ2n) is 2.21. The number of carbonyl (C=O) groups is 1. The number of nitrogens with zero attached hydrogens (tertiary/aromatic N) is 2. The van der Waals surface area contributed by atoms with E-state index >= 15 is 0 Å². The molecule has 1 rings (SSSR count). The fraction of sp³-hybridized carbons (Fsp3) is 0. The molecule has 0 aromatic carbocycles. The van der Waals surface area contributed by atoms with Crippen LogP contribution < -0.4 is 9.86 Å². The lowest BCUT2D eigenvalue weighted by atomic mass is 10.4. The van der Waals surface area contributed by atoms with Gasteiger partial charge in [-0.15, -0.1) is 0 Å². The average molecular weight is 218 g/mol. The number of aromatic nitrogens is 2. The van der Waals surface area contributed by atoms with Crippen LogP contribution in [0.2, 0.25) is 0 Å². The Balaban J connectivity index is 3.15. The highest BCUT2D eigenvalue weighted by atomic mass is 32.2. The maximum absolute atomic E-state index is 10.6. The van der Waals surface area contributed by atoms with Gasteiger partial charge in [-0.05, 0) is 0 Å². The van der Waals surface area contributed by atoms with Gasteiger partial charge in [-0.2, -0.15) is 8.42 Å². The first-order valence-electron chi connectivity index (χ1n) is 3.25. The van der Waals surface area contributed by atoms with E-state index in [1.54, 1.807) is 4.72 Å². The standard InChI is InChI=1S/C5H6N4O4S/c6-14(12,13)9-4-3(5(10)11)7-1-2-8-4/h1-2H,(H,8,9)(H,10,11)(H2,6,12,13). The van der Waals surface area contributed by atoms with Crippen molar-refractivity contribution in [1.82, 2.24) is 9.97 Å². The number of nitrogens with two attached hydrogens (primary N) is 1. The van der Waals surface area contributed by atoms with Crippen molar-refractivity contribution in [2.24, 2.45) is 5.14 Å². The van der Waals surface area contributed by atoms with E-state index in [0.717, 1.165) is 12.4 Å². The molecular formula is C5H6N4O4S. The molecule has 14 heavy (non-hydrogen) atoms. The van der Waals surface area contributed by atoms with Gasteiger partial charge in [0, 0.05) is 12.4 Å². The number of rotatable bonds is 3. The predicted octanol–water partition coefficient (Wildman–Crippen LogP) is -1.21. The zero-order valence-corrected chi connectivity index (χ0v) is 7.52. The molecular weight excluding hydrogens is 212 g/mol. The highest BCUT2D eigenvalue weighted by Crippen LogP contribution is 2.08. The Kier molecular flexibility index (Phi) is 2.63. The SMILES string of the molecule is NS(=O)(=O)Nc1nccnc1C(=O)O. The van der Waals surface area contributed by atoms with Gasteiger partial charge in [0.2, 0.25) is 0 Å². The number of carboxylic acid groups (broad SMARTS) is 1. The molecule has 0 saturated heterocycles. The minimum Gasteiger partial charge on any atom is -0.476 e. The van der Waals surface area contributed by atoms with Crippen LogP contribution in [0.3, 0.4) is 0 Å². The highest BCUT2D eigenvalue weighted by molar-refractivity contribution is 7.90. The Morgan fingerprint density at radius 2 is 2.00 bits per heavy atom. The number of hydrogen-bond acceptors (Lipinski definition) is 5. The summed E-state index contributed by atoms with van der Waals surface area (Å²) in [6.45, 7) is 0. The maximum Gasteiger partial charge on any atom is 0.358 e. The van der Waals surface area contributed by atoms with E-state index in [1.165, 1.54) is 0 Å². The average Bonchev–Trinajstić information content (AvgIpc) is 2.01. The summed E-state index contributed by atoms with van der Waals surface area (Å²) in [5.74, 6) is -1.81. The van der Waals surface area contributed by atoms with Gasteiger partial charge in [0.1, 0.15) is 0 Å². The van der Waals surface area contributed by atoms with Crippen molar-refractivity contribution in [2.45, 2.75) is 0 Å². The molecule has 9 heteroatoms. The lowest BCUT2D eigenvalue weighted by molar-refractivity contribution is 0.0691. The van der Waals surface area contributed by atoms with E-state index in [1.807, 2.05) is 0 Å². The van der Waals surface area contributed by atoms with Crippen molar-refractivity contribution in [3.05, 3.63) is 18.1 Å². The third-order valence-corrected chi connectivity index (χ3v) is 1.62. The van der Waals surface area contributed by atoms with Gasteiger partial charge in [-0.25, -0.2) is 19.9 Å². The first kappa shape index (κ1) is 10.3. The quantitative estimate of drug-likeness (QED) is 0.582. The van der Waals surface area contributed by atoms with Crippen LogP contribution in [0.25, 0.3) is 0 Å². The summed E-state index contributed by atoms with van der Waals surface area (Å²) in [6.07, 6.45) is 2.26. The molecule has 1 aromatic heterocycles. The van der Waals surface area contributed by atoms with E-state index in [4.69, 9.17) is 5.11 Å². The van der Waals surface area contributed by atoms with Crippen LogP contribution in [-0.2, 0) is 10.2 Å². The Hall–Kier alpha value is -1.74. The molecule has 0 amide bonds. The fourth-order valence-corrected chi connectivity index (χ4v) is 1.12. The van der Waals surface area contributed by atoms with Crippen molar-refractivity contribution < 1.29 is 18.3 Å². The van der Waals surface area contributed by atoms with E-state index < -0.39 is 27.7 Å². The monoisotopic (exact) mass is 218 g/mol. The lowest BCUT2D eigenvalue weighted by Gasteiger charge is -2.03. The van der Waals surface area contributed by atoms with E-state index in [9.17, 15) is 13.2 Å². The van der Waals surface area contributed by atoms with Crippen LogP contribution in [0.5, 0.6) is 0 Å². The van der Waals surface area contributed by atoms with E-state index in [0.29, 0.717) is 0 Å². The molecule has 76 valence electrons. The first-order chi connectivity index (χ1) is 6.40. The minimum absolute atomic E-state index is 0.414. The van der Waals surface area contributed by atoms with Gasteiger partial charge in [0.15, 0.2) is 11.5 Å². The van der Waals surface area contributed by atoms with Gasteiger partial charge < -0.3 is 5.11 Å². The first-order valence-corrected chi connectivity index (χ1v) is 4.79. The zero-order chi connectivity index (χ0) is 10.8. The summed E-state index contributed by atoms with van der Waals surface area (Å²) in [5.41, 5.74) is -0.512. The van der Waals surface area contributed by atoms with Gasteiger partial charge in [-0.3, -0.25) is 4.72 Å². The Labute approximate surface area is 79.0 Å². The Morgan fingerprint density at radius 1 is 1.43 bits per heavy atom. The molecule has 1 heterocycles. The van der Waals surface area contributed by atoms with Crippen LogP contribution in [0.4, 0.5) is 5.82 Å². The van der Waals surface area contributed by atoms with Crippen LogP contribution >= 0.6 is 0 Å². The second kappa shape index (κ2) is 3.55. The normalized spacial score (nSPS) is 10.9. The topological polar surface area (TPSA) is 135 Å². The summed E-state index contributed by atoms with van der Waals surface area (Å²) in [4.78, 5) is 17.4. The molecule has 0 bridgehead atoms. The van der Waals surface area contributed by atoms with Gasteiger partial charge >= 0.3 is 5.97 Å².